The molecule has 0 spiro atoms. The van der Waals surface area contributed by atoms with E-state index in [0.29, 0.717) is 11.5 Å². The predicted molar refractivity (Wildman–Crippen MR) is 60.5 cm³/mol. The summed E-state index contributed by atoms with van der Waals surface area (Å²) in [7, 11) is 0. The van der Waals surface area contributed by atoms with Gasteiger partial charge >= 0.3 is 0 Å². The third kappa shape index (κ3) is 2.71. The third-order valence-corrected chi connectivity index (χ3v) is 3.59. The Bertz CT molecular complexity index is 150. The topological polar surface area (TPSA) is 21.3 Å². The molecule has 0 radical (unpaired) electrons. The fraction of sp³-hybridized carbons (Fsp3) is 1.00. The van der Waals surface area contributed by atoms with Crippen LogP contribution in [-0.4, -0.2) is 25.8 Å². The maximum atomic E-state index is 5.72. The van der Waals surface area contributed by atoms with E-state index in [1.165, 1.54) is 25.7 Å². The molecule has 0 aromatic heterocycles. The third-order valence-electron chi connectivity index (χ3n) is 3.59. The average molecular weight is 199 g/mol. The molecular formula is C12H25NO. The molecule has 0 amide bonds. The average Bonchev–Trinajstić information content (AvgIpc) is 2.55. The number of ether oxygens (including phenoxy) is 1. The Balaban J connectivity index is 2.49. The lowest BCUT2D eigenvalue weighted by atomic mass is 9.77. The molecule has 1 N–H and O–H groups in total. The van der Waals surface area contributed by atoms with Crippen LogP contribution in [0.5, 0.6) is 0 Å². The molecule has 1 heterocycles. The molecule has 0 saturated carbocycles. The molecule has 1 aliphatic rings. The molecule has 14 heavy (non-hydrogen) atoms. The van der Waals surface area contributed by atoms with Gasteiger partial charge in [0.05, 0.1) is 6.10 Å². The van der Waals surface area contributed by atoms with Gasteiger partial charge < -0.3 is 10.1 Å². The summed E-state index contributed by atoms with van der Waals surface area (Å²) >= 11 is 0. The normalized spacial score (nSPS) is 32.4. The largest absolute Gasteiger partial charge is 0.378 e. The lowest BCUT2D eigenvalue weighted by Gasteiger charge is -2.32. The molecule has 84 valence electrons. The van der Waals surface area contributed by atoms with Crippen LogP contribution in [0.3, 0.4) is 0 Å². The lowest BCUT2D eigenvalue weighted by Crippen LogP contribution is -2.39. The van der Waals surface area contributed by atoms with Crippen molar-refractivity contribution in [1.29, 1.82) is 0 Å². The molecule has 0 aliphatic carbocycles. The van der Waals surface area contributed by atoms with Crippen LogP contribution in [0.15, 0.2) is 0 Å². The van der Waals surface area contributed by atoms with Gasteiger partial charge in [0.2, 0.25) is 0 Å². The molecule has 1 fully saturated rings. The van der Waals surface area contributed by atoms with Crippen molar-refractivity contribution in [2.75, 3.05) is 19.7 Å². The SMILES string of the molecule is CCCCC1(CNCC)CCOC1C. The van der Waals surface area contributed by atoms with Crippen molar-refractivity contribution in [2.24, 2.45) is 5.41 Å². The van der Waals surface area contributed by atoms with Gasteiger partial charge in [-0.15, -0.1) is 0 Å². The smallest absolute Gasteiger partial charge is 0.0616 e. The number of nitrogens with one attached hydrogen (secondary N) is 1. The first-order valence-electron chi connectivity index (χ1n) is 6.07. The first-order chi connectivity index (χ1) is 6.75. The molecule has 2 atom stereocenters. The van der Waals surface area contributed by atoms with Gasteiger partial charge in [-0.1, -0.05) is 26.7 Å². The highest BCUT2D eigenvalue weighted by molar-refractivity contribution is 4.91. The van der Waals surface area contributed by atoms with E-state index >= 15 is 0 Å². The van der Waals surface area contributed by atoms with Gasteiger partial charge in [0.25, 0.3) is 0 Å². The zero-order chi connectivity index (χ0) is 10.4. The van der Waals surface area contributed by atoms with Crippen LogP contribution in [-0.2, 0) is 4.74 Å². The van der Waals surface area contributed by atoms with Crippen molar-refractivity contribution in [1.82, 2.24) is 5.32 Å². The number of rotatable bonds is 6. The molecule has 2 heteroatoms. The summed E-state index contributed by atoms with van der Waals surface area (Å²) in [6.45, 7) is 9.83. The number of unbranched alkanes of at least 4 members (excludes halogenated alkanes) is 1. The molecule has 2 unspecified atom stereocenters. The van der Waals surface area contributed by atoms with E-state index in [9.17, 15) is 0 Å². The van der Waals surface area contributed by atoms with Gasteiger partial charge in [-0.3, -0.25) is 0 Å². The fourth-order valence-corrected chi connectivity index (χ4v) is 2.37. The summed E-state index contributed by atoms with van der Waals surface area (Å²) in [4.78, 5) is 0. The van der Waals surface area contributed by atoms with Gasteiger partial charge in [0.15, 0.2) is 0 Å². The minimum atomic E-state index is 0.423. The Morgan fingerprint density at radius 1 is 1.43 bits per heavy atom. The summed E-state index contributed by atoms with van der Waals surface area (Å²) < 4.78 is 5.72. The summed E-state index contributed by atoms with van der Waals surface area (Å²) in [6, 6.07) is 0. The van der Waals surface area contributed by atoms with E-state index in [2.05, 4.69) is 26.1 Å². The van der Waals surface area contributed by atoms with Gasteiger partial charge in [-0.05, 0) is 26.3 Å². The van der Waals surface area contributed by atoms with E-state index in [1.807, 2.05) is 0 Å². The number of hydrogen-bond acceptors (Lipinski definition) is 2. The van der Waals surface area contributed by atoms with E-state index in [0.717, 1.165) is 19.7 Å². The first kappa shape index (κ1) is 12.0. The van der Waals surface area contributed by atoms with Gasteiger partial charge in [0.1, 0.15) is 0 Å². The molecule has 1 saturated heterocycles. The summed E-state index contributed by atoms with van der Waals surface area (Å²) in [5.74, 6) is 0. The standard InChI is InChI=1S/C12H25NO/c1-4-6-7-12(10-13-5-2)8-9-14-11(12)3/h11,13H,4-10H2,1-3H3. The van der Waals surface area contributed by atoms with Crippen LogP contribution >= 0.6 is 0 Å². The van der Waals surface area contributed by atoms with Crippen molar-refractivity contribution in [3.8, 4) is 0 Å². The monoisotopic (exact) mass is 199 g/mol. The minimum absolute atomic E-state index is 0.423. The summed E-state index contributed by atoms with van der Waals surface area (Å²) in [6.07, 6.45) is 5.62. The summed E-state index contributed by atoms with van der Waals surface area (Å²) in [5, 5.41) is 3.49. The van der Waals surface area contributed by atoms with Crippen LogP contribution in [0.1, 0.15) is 46.5 Å². The van der Waals surface area contributed by atoms with Crippen molar-refractivity contribution in [2.45, 2.75) is 52.6 Å². The highest BCUT2D eigenvalue weighted by atomic mass is 16.5. The Kier molecular flexibility index (Phi) is 4.90. The van der Waals surface area contributed by atoms with Crippen molar-refractivity contribution in [3.05, 3.63) is 0 Å². The highest BCUT2D eigenvalue weighted by Gasteiger charge is 2.40. The Labute approximate surface area is 88.4 Å². The predicted octanol–water partition coefficient (Wildman–Crippen LogP) is 2.58. The minimum Gasteiger partial charge on any atom is -0.378 e. The van der Waals surface area contributed by atoms with E-state index in [4.69, 9.17) is 4.74 Å². The van der Waals surface area contributed by atoms with E-state index in [-0.39, 0.29) is 0 Å². The van der Waals surface area contributed by atoms with Gasteiger partial charge in [-0.2, -0.15) is 0 Å². The van der Waals surface area contributed by atoms with Crippen LogP contribution < -0.4 is 5.32 Å². The van der Waals surface area contributed by atoms with Gasteiger partial charge in [-0.25, -0.2) is 0 Å². The Morgan fingerprint density at radius 3 is 2.71 bits per heavy atom. The van der Waals surface area contributed by atoms with Crippen molar-refractivity contribution in [3.63, 3.8) is 0 Å². The summed E-state index contributed by atoms with van der Waals surface area (Å²) in [5.41, 5.74) is 0.423. The fourth-order valence-electron chi connectivity index (χ4n) is 2.37. The lowest BCUT2D eigenvalue weighted by molar-refractivity contribution is 0.0575. The van der Waals surface area contributed by atoms with Crippen molar-refractivity contribution < 1.29 is 4.74 Å². The second kappa shape index (κ2) is 5.72. The molecular weight excluding hydrogens is 174 g/mol. The molecule has 0 aromatic rings. The van der Waals surface area contributed by atoms with Crippen LogP contribution in [0.2, 0.25) is 0 Å². The van der Waals surface area contributed by atoms with Crippen molar-refractivity contribution >= 4 is 0 Å². The van der Waals surface area contributed by atoms with Crippen LogP contribution in [0, 0.1) is 5.41 Å². The molecule has 1 aliphatic heterocycles. The van der Waals surface area contributed by atoms with Gasteiger partial charge in [0, 0.05) is 18.6 Å². The molecule has 1 rings (SSSR count). The second-order valence-electron chi connectivity index (χ2n) is 4.51. The zero-order valence-electron chi connectivity index (χ0n) is 9.94. The number of hydrogen-bond donors (Lipinski definition) is 1. The quantitative estimate of drug-likeness (QED) is 0.710. The van der Waals surface area contributed by atoms with E-state index in [1.54, 1.807) is 0 Å². The zero-order valence-corrected chi connectivity index (χ0v) is 9.94. The molecule has 2 nitrogen and oxygen atoms in total. The molecule has 0 aromatic carbocycles. The molecule has 0 bridgehead atoms. The van der Waals surface area contributed by atoms with Crippen LogP contribution in [0.25, 0.3) is 0 Å². The first-order valence-corrected chi connectivity index (χ1v) is 6.07. The maximum Gasteiger partial charge on any atom is 0.0616 e. The Hall–Kier alpha value is -0.0800. The van der Waals surface area contributed by atoms with Crippen LogP contribution in [0.4, 0.5) is 0 Å². The second-order valence-corrected chi connectivity index (χ2v) is 4.51. The van der Waals surface area contributed by atoms with E-state index < -0.39 is 0 Å². The maximum absolute atomic E-state index is 5.72. The highest BCUT2D eigenvalue weighted by Crippen LogP contribution is 2.38. The Morgan fingerprint density at radius 2 is 2.21 bits per heavy atom.